The summed E-state index contributed by atoms with van der Waals surface area (Å²) in [5.74, 6) is -1.21. The number of hydrogen-bond acceptors (Lipinski definition) is 3. The van der Waals surface area contributed by atoms with Crippen molar-refractivity contribution in [1.82, 2.24) is 0 Å². The number of hydrogen-bond donors (Lipinski definition) is 1. The summed E-state index contributed by atoms with van der Waals surface area (Å²) in [5.41, 5.74) is -0.268. The molecule has 0 spiro atoms. The first-order valence-corrected chi connectivity index (χ1v) is 9.59. The lowest BCUT2D eigenvalue weighted by Crippen LogP contribution is -2.45. The largest absolute Gasteiger partial charge is 0.478 e. The fraction of sp³-hybridized carbons (Fsp3) is 0.619. The fourth-order valence-electron chi connectivity index (χ4n) is 4.16. The molecule has 0 bridgehead atoms. The van der Waals surface area contributed by atoms with E-state index in [0.29, 0.717) is 5.92 Å². The molecule has 1 N–H and O–H groups in total. The summed E-state index contributed by atoms with van der Waals surface area (Å²) in [6, 6.07) is 6.33. The maximum atomic E-state index is 12.9. The Kier molecular flexibility index (Phi) is 7.03. The Hall–Kier alpha value is -1.84. The van der Waals surface area contributed by atoms with Gasteiger partial charge in [-0.1, -0.05) is 51.7 Å². The first kappa shape index (κ1) is 19.5. The molecule has 25 heavy (non-hydrogen) atoms. The Morgan fingerprint density at radius 3 is 2.52 bits per heavy atom. The van der Waals surface area contributed by atoms with Crippen LogP contribution in [0.5, 0.6) is 0 Å². The highest BCUT2D eigenvalue weighted by Gasteiger charge is 2.43. The molecule has 0 aliphatic heterocycles. The standard InChI is InChI=1S/C21H30O4/c1-3-5-10-16-11-8-9-15-21(16,14-4-2)25-20(24)18-13-7-6-12-17(18)19(22)23/h6-7,12-13,16H,3-5,8-11,14-15H2,1-2H3,(H,22,23). The van der Waals surface area contributed by atoms with Crippen molar-refractivity contribution in [2.45, 2.75) is 77.2 Å². The number of aromatic carboxylic acids is 1. The molecule has 2 rings (SSSR count). The van der Waals surface area contributed by atoms with E-state index in [0.717, 1.165) is 51.4 Å². The normalized spacial score (nSPS) is 23.2. The number of carbonyl (C=O) groups is 2. The average Bonchev–Trinajstić information content (AvgIpc) is 2.61. The Labute approximate surface area is 150 Å². The first-order valence-electron chi connectivity index (χ1n) is 9.59. The molecule has 0 amide bonds. The number of benzene rings is 1. The summed E-state index contributed by atoms with van der Waals surface area (Å²) in [7, 11) is 0. The van der Waals surface area contributed by atoms with E-state index in [1.807, 2.05) is 0 Å². The van der Waals surface area contributed by atoms with Crippen molar-refractivity contribution in [1.29, 1.82) is 0 Å². The summed E-state index contributed by atoms with van der Waals surface area (Å²) in [4.78, 5) is 24.3. The van der Waals surface area contributed by atoms with Crippen LogP contribution in [0.4, 0.5) is 0 Å². The van der Waals surface area contributed by atoms with Gasteiger partial charge in [-0.05, 0) is 50.2 Å². The van der Waals surface area contributed by atoms with Gasteiger partial charge in [-0.2, -0.15) is 0 Å². The van der Waals surface area contributed by atoms with E-state index in [2.05, 4.69) is 13.8 Å². The number of rotatable bonds is 8. The van der Waals surface area contributed by atoms with Gasteiger partial charge < -0.3 is 9.84 Å². The molecule has 1 aliphatic carbocycles. The third kappa shape index (κ3) is 4.62. The highest BCUT2D eigenvalue weighted by atomic mass is 16.6. The SMILES string of the molecule is CCCCC1CCCCC1(CCC)OC(=O)c1ccccc1C(=O)O. The van der Waals surface area contributed by atoms with E-state index >= 15 is 0 Å². The molecule has 1 aromatic rings. The third-order valence-electron chi connectivity index (χ3n) is 5.40. The van der Waals surface area contributed by atoms with Crippen LogP contribution < -0.4 is 0 Å². The Morgan fingerprint density at radius 1 is 1.16 bits per heavy atom. The molecule has 0 radical (unpaired) electrons. The lowest BCUT2D eigenvalue weighted by Gasteiger charge is -2.44. The van der Waals surface area contributed by atoms with E-state index in [1.165, 1.54) is 12.5 Å². The van der Waals surface area contributed by atoms with Crippen LogP contribution in [-0.4, -0.2) is 22.6 Å². The molecule has 1 saturated carbocycles. The lowest BCUT2D eigenvalue weighted by molar-refractivity contribution is -0.0800. The number of unbranched alkanes of at least 4 members (excludes halogenated alkanes) is 1. The number of esters is 1. The molecule has 4 heteroatoms. The van der Waals surface area contributed by atoms with E-state index < -0.39 is 17.5 Å². The van der Waals surface area contributed by atoms with Crippen molar-refractivity contribution in [3.8, 4) is 0 Å². The van der Waals surface area contributed by atoms with Gasteiger partial charge in [0.2, 0.25) is 0 Å². The maximum absolute atomic E-state index is 12.9. The molecule has 0 aromatic heterocycles. The number of carboxylic acid groups (broad SMARTS) is 1. The summed E-state index contributed by atoms with van der Waals surface area (Å²) < 4.78 is 6.10. The quantitative estimate of drug-likeness (QED) is 0.635. The molecule has 1 aromatic carbocycles. The van der Waals surface area contributed by atoms with Crippen molar-refractivity contribution in [2.75, 3.05) is 0 Å². The molecule has 138 valence electrons. The molecule has 0 saturated heterocycles. The second-order valence-electron chi connectivity index (χ2n) is 7.14. The minimum absolute atomic E-state index is 0.0140. The molecule has 2 atom stereocenters. The summed E-state index contributed by atoms with van der Waals surface area (Å²) in [6.45, 7) is 4.30. The number of carbonyl (C=O) groups excluding carboxylic acids is 1. The van der Waals surface area contributed by atoms with E-state index in [1.54, 1.807) is 18.2 Å². The summed E-state index contributed by atoms with van der Waals surface area (Å²) in [6.07, 6.45) is 9.38. The zero-order valence-electron chi connectivity index (χ0n) is 15.4. The van der Waals surface area contributed by atoms with Crippen molar-refractivity contribution < 1.29 is 19.4 Å². The van der Waals surface area contributed by atoms with Gasteiger partial charge >= 0.3 is 11.9 Å². The van der Waals surface area contributed by atoms with Crippen LogP contribution in [0.15, 0.2) is 24.3 Å². The van der Waals surface area contributed by atoms with Gasteiger partial charge in [-0.3, -0.25) is 0 Å². The summed E-state index contributed by atoms with van der Waals surface area (Å²) >= 11 is 0. The fourth-order valence-corrected chi connectivity index (χ4v) is 4.16. The Balaban J connectivity index is 2.28. The second-order valence-corrected chi connectivity index (χ2v) is 7.14. The van der Waals surface area contributed by atoms with Crippen LogP contribution in [0.1, 0.15) is 92.4 Å². The topological polar surface area (TPSA) is 63.6 Å². The zero-order valence-corrected chi connectivity index (χ0v) is 15.4. The third-order valence-corrected chi connectivity index (χ3v) is 5.40. The second kappa shape index (κ2) is 9.02. The summed E-state index contributed by atoms with van der Waals surface area (Å²) in [5, 5.41) is 9.35. The van der Waals surface area contributed by atoms with Gasteiger partial charge in [0.1, 0.15) is 5.60 Å². The van der Waals surface area contributed by atoms with Crippen LogP contribution in [0.25, 0.3) is 0 Å². The van der Waals surface area contributed by atoms with E-state index in [4.69, 9.17) is 4.74 Å². The maximum Gasteiger partial charge on any atom is 0.339 e. The van der Waals surface area contributed by atoms with Gasteiger partial charge in [-0.15, -0.1) is 0 Å². The van der Waals surface area contributed by atoms with Gasteiger partial charge in [0, 0.05) is 0 Å². The molecule has 4 nitrogen and oxygen atoms in total. The van der Waals surface area contributed by atoms with Crippen LogP contribution in [-0.2, 0) is 4.74 Å². The first-order chi connectivity index (χ1) is 12.0. The highest BCUT2D eigenvalue weighted by Crippen LogP contribution is 2.43. The predicted molar refractivity (Wildman–Crippen MR) is 97.9 cm³/mol. The van der Waals surface area contributed by atoms with Crippen molar-refractivity contribution in [3.63, 3.8) is 0 Å². The van der Waals surface area contributed by atoms with Gasteiger partial charge in [-0.25, -0.2) is 9.59 Å². The van der Waals surface area contributed by atoms with Gasteiger partial charge in [0.25, 0.3) is 0 Å². The molecular formula is C21H30O4. The molecule has 1 aliphatic rings. The van der Waals surface area contributed by atoms with Crippen LogP contribution >= 0.6 is 0 Å². The monoisotopic (exact) mass is 346 g/mol. The van der Waals surface area contributed by atoms with Gasteiger partial charge in [0.15, 0.2) is 0 Å². The van der Waals surface area contributed by atoms with Crippen LogP contribution in [0.2, 0.25) is 0 Å². The smallest absolute Gasteiger partial charge is 0.339 e. The molecule has 0 heterocycles. The van der Waals surface area contributed by atoms with Gasteiger partial charge in [0.05, 0.1) is 11.1 Å². The lowest BCUT2D eigenvalue weighted by atomic mass is 9.70. The van der Waals surface area contributed by atoms with Crippen LogP contribution in [0.3, 0.4) is 0 Å². The van der Waals surface area contributed by atoms with E-state index in [9.17, 15) is 14.7 Å². The molecule has 1 fully saturated rings. The van der Waals surface area contributed by atoms with Crippen LogP contribution in [0, 0.1) is 5.92 Å². The minimum Gasteiger partial charge on any atom is -0.478 e. The molecular weight excluding hydrogens is 316 g/mol. The highest BCUT2D eigenvalue weighted by molar-refractivity contribution is 6.02. The van der Waals surface area contributed by atoms with E-state index in [-0.39, 0.29) is 11.1 Å². The predicted octanol–water partition coefficient (Wildman–Crippen LogP) is 5.46. The number of carboxylic acids is 1. The Bertz CT molecular complexity index is 591. The molecule has 2 unspecified atom stereocenters. The minimum atomic E-state index is -1.09. The Morgan fingerprint density at radius 2 is 1.88 bits per heavy atom. The van der Waals surface area contributed by atoms with Crippen molar-refractivity contribution in [3.05, 3.63) is 35.4 Å². The average molecular weight is 346 g/mol. The van der Waals surface area contributed by atoms with Crippen molar-refractivity contribution >= 4 is 11.9 Å². The van der Waals surface area contributed by atoms with Crippen molar-refractivity contribution in [2.24, 2.45) is 5.92 Å². The zero-order chi connectivity index (χ0) is 18.3. The number of ether oxygens (including phenoxy) is 1.